The van der Waals surface area contributed by atoms with Crippen LogP contribution >= 0.6 is 0 Å². The first-order valence-electron chi connectivity index (χ1n) is 6.10. The molecule has 1 amide bonds. The van der Waals surface area contributed by atoms with Crippen LogP contribution in [0.3, 0.4) is 0 Å². The summed E-state index contributed by atoms with van der Waals surface area (Å²) in [6, 6.07) is 9.58. The minimum absolute atomic E-state index is 0.0505. The number of amides is 1. The van der Waals surface area contributed by atoms with E-state index in [-0.39, 0.29) is 17.9 Å². The van der Waals surface area contributed by atoms with Gasteiger partial charge in [-0.2, -0.15) is 0 Å². The van der Waals surface area contributed by atoms with Gasteiger partial charge in [0.05, 0.1) is 6.04 Å². The van der Waals surface area contributed by atoms with Crippen molar-refractivity contribution in [2.24, 2.45) is 11.7 Å². The first-order chi connectivity index (χ1) is 8.61. The summed E-state index contributed by atoms with van der Waals surface area (Å²) in [6.45, 7) is 4.05. The van der Waals surface area contributed by atoms with Crippen molar-refractivity contribution in [1.82, 2.24) is 5.32 Å². The summed E-state index contributed by atoms with van der Waals surface area (Å²) in [5.74, 6) is 0.524. The van der Waals surface area contributed by atoms with Gasteiger partial charge in [0.15, 0.2) is 0 Å². The third-order valence-electron chi connectivity index (χ3n) is 3.03. The number of carbonyl (C=O) groups is 1. The van der Waals surface area contributed by atoms with E-state index in [1.54, 1.807) is 6.92 Å². The Labute approximate surface area is 106 Å². The molecule has 96 valence electrons. The lowest BCUT2D eigenvalue weighted by atomic mass is 10.1. The molecule has 4 nitrogen and oxygen atoms in total. The Morgan fingerprint density at radius 1 is 1.39 bits per heavy atom. The smallest absolute Gasteiger partial charge is 0.224 e. The molecular weight excluding hydrogens is 228 g/mol. The van der Waals surface area contributed by atoms with Crippen molar-refractivity contribution in [2.45, 2.75) is 19.9 Å². The summed E-state index contributed by atoms with van der Waals surface area (Å²) in [4.78, 5) is 11.7. The van der Waals surface area contributed by atoms with Gasteiger partial charge in [-0.15, -0.1) is 0 Å². The summed E-state index contributed by atoms with van der Waals surface area (Å²) < 4.78 is 5.70. The molecule has 0 spiro atoms. The maximum atomic E-state index is 11.7. The molecule has 4 heteroatoms. The first kappa shape index (κ1) is 12.6. The molecule has 1 aromatic carbocycles. The molecule has 0 aliphatic heterocycles. The van der Waals surface area contributed by atoms with Crippen molar-refractivity contribution >= 4 is 16.9 Å². The zero-order valence-electron chi connectivity index (χ0n) is 10.6. The van der Waals surface area contributed by atoms with Crippen molar-refractivity contribution < 1.29 is 9.21 Å². The Hall–Kier alpha value is -1.81. The van der Waals surface area contributed by atoms with Gasteiger partial charge in [0.2, 0.25) is 5.91 Å². The van der Waals surface area contributed by atoms with E-state index >= 15 is 0 Å². The third-order valence-corrected chi connectivity index (χ3v) is 3.03. The molecule has 0 saturated heterocycles. The van der Waals surface area contributed by atoms with Crippen molar-refractivity contribution in [3.05, 3.63) is 36.1 Å². The highest BCUT2D eigenvalue weighted by Gasteiger charge is 2.17. The Morgan fingerprint density at radius 2 is 2.11 bits per heavy atom. The standard InChI is InChI=1S/C14H18N2O2/c1-9(8-15)14(17)16-10(2)13-7-11-5-3-4-6-12(11)18-13/h3-7,9-10H,8,15H2,1-2H3,(H,16,17). The summed E-state index contributed by atoms with van der Waals surface area (Å²) in [5.41, 5.74) is 6.30. The van der Waals surface area contributed by atoms with Gasteiger partial charge in [-0.3, -0.25) is 4.79 Å². The maximum Gasteiger partial charge on any atom is 0.224 e. The Morgan fingerprint density at radius 3 is 2.78 bits per heavy atom. The second kappa shape index (κ2) is 5.23. The monoisotopic (exact) mass is 246 g/mol. The molecule has 0 aliphatic carbocycles. The van der Waals surface area contributed by atoms with E-state index in [1.165, 1.54) is 0 Å². The van der Waals surface area contributed by atoms with Crippen molar-refractivity contribution in [1.29, 1.82) is 0 Å². The Bertz CT molecular complexity index is 514. The number of hydrogen-bond donors (Lipinski definition) is 2. The number of benzene rings is 1. The molecule has 2 unspecified atom stereocenters. The molecule has 2 atom stereocenters. The van der Waals surface area contributed by atoms with E-state index < -0.39 is 0 Å². The fraction of sp³-hybridized carbons (Fsp3) is 0.357. The Balaban J connectivity index is 2.13. The van der Waals surface area contributed by atoms with Crippen LogP contribution < -0.4 is 11.1 Å². The molecular formula is C14H18N2O2. The topological polar surface area (TPSA) is 68.3 Å². The zero-order chi connectivity index (χ0) is 13.1. The fourth-order valence-corrected chi connectivity index (χ4v) is 1.75. The highest BCUT2D eigenvalue weighted by Crippen LogP contribution is 2.23. The van der Waals surface area contributed by atoms with Crippen LogP contribution in [0.15, 0.2) is 34.7 Å². The van der Waals surface area contributed by atoms with Gasteiger partial charge in [0, 0.05) is 17.8 Å². The number of hydrogen-bond acceptors (Lipinski definition) is 3. The highest BCUT2D eigenvalue weighted by atomic mass is 16.3. The van der Waals surface area contributed by atoms with E-state index in [0.29, 0.717) is 6.54 Å². The molecule has 18 heavy (non-hydrogen) atoms. The van der Waals surface area contributed by atoms with Crippen LogP contribution in [0, 0.1) is 5.92 Å². The normalized spacial score (nSPS) is 14.4. The van der Waals surface area contributed by atoms with Gasteiger partial charge in [-0.05, 0) is 19.1 Å². The van der Waals surface area contributed by atoms with Gasteiger partial charge in [-0.25, -0.2) is 0 Å². The lowest BCUT2D eigenvalue weighted by Gasteiger charge is -2.14. The largest absolute Gasteiger partial charge is 0.459 e. The lowest BCUT2D eigenvalue weighted by molar-refractivity contribution is -0.124. The summed E-state index contributed by atoms with van der Waals surface area (Å²) in [6.07, 6.45) is 0. The van der Waals surface area contributed by atoms with Gasteiger partial charge in [-0.1, -0.05) is 25.1 Å². The first-order valence-corrected chi connectivity index (χ1v) is 6.10. The lowest BCUT2D eigenvalue weighted by Crippen LogP contribution is -2.34. The number of fused-ring (bicyclic) bond motifs is 1. The number of para-hydroxylation sites is 1. The second-order valence-corrected chi connectivity index (χ2v) is 4.55. The second-order valence-electron chi connectivity index (χ2n) is 4.55. The van der Waals surface area contributed by atoms with E-state index in [1.807, 2.05) is 37.3 Å². The molecule has 0 radical (unpaired) electrons. The molecule has 3 N–H and O–H groups in total. The Kier molecular flexibility index (Phi) is 3.67. The molecule has 0 saturated carbocycles. The molecule has 0 bridgehead atoms. The van der Waals surface area contributed by atoms with E-state index in [9.17, 15) is 4.79 Å². The van der Waals surface area contributed by atoms with Crippen LogP contribution in [-0.2, 0) is 4.79 Å². The SMILES string of the molecule is CC(CN)C(=O)NC(C)c1cc2ccccc2o1. The van der Waals surface area contributed by atoms with Gasteiger partial charge < -0.3 is 15.5 Å². The molecule has 2 aromatic rings. The molecule has 1 aromatic heterocycles. The van der Waals surface area contributed by atoms with Crippen LogP contribution in [-0.4, -0.2) is 12.5 Å². The van der Waals surface area contributed by atoms with Crippen LogP contribution in [0.2, 0.25) is 0 Å². The van der Waals surface area contributed by atoms with Crippen LogP contribution in [0.25, 0.3) is 11.0 Å². The van der Waals surface area contributed by atoms with Crippen LogP contribution in [0.4, 0.5) is 0 Å². The number of furan rings is 1. The zero-order valence-corrected chi connectivity index (χ0v) is 10.6. The van der Waals surface area contributed by atoms with E-state index in [2.05, 4.69) is 5.32 Å². The van der Waals surface area contributed by atoms with Crippen LogP contribution in [0.5, 0.6) is 0 Å². The average molecular weight is 246 g/mol. The maximum absolute atomic E-state index is 11.7. The van der Waals surface area contributed by atoms with Crippen molar-refractivity contribution in [2.75, 3.05) is 6.54 Å². The molecule has 0 fully saturated rings. The average Bonchev–Trinajstić information content (AvgIpc) is 2.81. The van der Waals surface area contributed by atoms with Crippen molar-refractivity contribution in [3.8, 4) is 0 Å². The van der Waals surface area contributed by atoms with E-state index in [0.717, 1.165) is 16.7 Å². The van der Waals surface area contributed by atoms with Gasteiger partial charge in [0.1, 0.15) is 11.3 Å². The highest BCUT2D eigenvalue weighted by molar-refractivity contribution is 5.80. The molecule has 1 heterocycles. The fourth-order valence-electron chi connectivity index (χ4n) is 1.75. The summed E-state index contributed by atoms with van der Waals surface area (Å²) in [7, 11) is 0. The summed E-state index contributed by atoms with van der Waals surface area (Å²) in [5, 5.41) is 3.94. The van der Waals surface area contributed by atoms with E-state index in [4.69, 9.17) is 10.2 Å². The predicted octanol–water partition coefficient (Wildman–Crippen LogP) is 2.20. The van der Waals surface area contributed by atoms with Crippen molar-refractivity contribution in [3.63, 3.8) is 0 Å². The summed E-state index contributed by atoms with van der Waals surface area (Å²) >= 11 is 0. The minimum atomic E-state index is -0.183. The number of nitrogens with one attached hydrogen (secondary N) is 1. The molecule has 0 aliphatic rings. The molecule has 2 rings (SSSR count). The third kappa shape index (κ3) is 2.54. The van der Waals surface area contributed by atoms with Gasteiger partial charge in [0.25, 0.3) is 0 Å². The quantitative estimate of drug-likeness (QED) is 0.869. The minimum Gasteiger partial charge on any atom is -0.459 e. The number of rotatable bonds is 4. The predicted molar refractivity (Wildman–Crippen MR) is 71.0 cm³/mol. The number of nitrogens with two attached hydrogens (primary N) is 1. The van der Waals surface area contributed by atoms with Gasteiger partial charge >= 0.3 is 0 Å². The number of carbonyl (C=O) groups excluding carboxylic acids is 1. The van der Waals surface area contributed by atoms with Crippen LogP contribution in [0.1, 0.15) is 25.6 Å².